The molecule has 136 valence electrons. The third-order valence-electron chi connectivity index (χ3n) is 5.09. The third kappa shape index (κ3) is 6.45. The van der Waals surface area contributed by atoms with E-state index in [4.69, 9.17) is 5.73 Å². The Hall–Kier alpha value is -1.06. The van der Waals surface area contributed by atoms with Crippen molar-refractivity contribution in [2.45, 2.75) is 64.3 Å². The maximum absolute atomic E-state index is 12.8. The predicted molar refractivity (Wildman–Crippen MR) is 103 cm³/mol. The number of unbranched alkanes of at least 4 members (excludes halogenated alkanes) is 3. The normalized spacial score (nSPS) is 15.2. The molecule has 0 radical (unpaired) electrons. The fourth-order valence-corrected chi connectivity index (χ4v) is 3.26. The molecule has 0 aromatic heterocycles. The van der Waals surface area contributed by atoms with Crippen molar-refractivity contribution >= 4 is 18.3 Å². The molecule has 1 aliphatic rings. The van der Waals surface area contributed by atoms with Crippen LogP contribution in [0.5, 0.6) is 0 Å². The number of carbonyl (C=O) groups excluding carboxylic acids is 1. The van der Waals surface area contributed by atoms with Gasteiger partial charge in [-0.05, 0) is 50.6 Å². The molecular formula is C20H33ClN2O. The van der Waals surface area contributed by atoms with Crippen LogP contribution in [-0.2, 0) is 4.79 Å². The van der Waals surface area contributed by atoms with E-state index in [-0.39, 0.29) is 18.4 Å². The lowest BCUT2D eigenvalue weighted by Crippen LogP contribution is -2.39. The second-order valence-corrected chi connectivity index (χ2v) is 6.88. The van der Waals surface area contributed by atoms with Crippen molar-refractivity contribution in [2.24, 2.45) is 11.7 Å². The Morgan fingerprint density at radius 1 is 1.17 bits per heavy atom. The van der Waals surface area contributed by atoms with Gasteiger partial charge in [-0.25, -0.2) is 0 Å². The molecule has 4 heteroatoms. The van der Waals surface area contributed by atoms with Gasteiger partial charge in [0.1, 0.15) is 0 Å². The van der Waals surface area contributed by atoms with Gasteiger partial charge in [-0.1, -0.05) is 49.6 Å². The van der Waals surface area contributed by atoms with Crippen LogP contribution < -0.4 is 5.73 Å². The van der Waals surface area contributed by atoms with Crippen LogP contribution in [0.3, 0.4) is 0 Å². The van der Waals surface area contributed by atoms with Crippen molar-refractivity contribution in [3.8, 4) is 0 Å². The lowest BCUT2D eigenvalue weighted by molar-refractivity contribution is -0.134. The SMILES string of the molecule is CC(c1ccccc1)N(CC1CCC1)C(=O)CCCCCCN.Cl. The summed E-state index contributed by atoms with van der Waals surface area (Å²) >= 11 is 0. The molecular weight excluding hydrogens is 320 g/mol. The van der Waals surface area contributed by atoms with E-state index in [1.165, 1.54) is 24.8 Å². The van der Waals surface area contributed by atoms with Crippen LogP contribution in [0.25, 0.3) is 0 Å². The number of hydrogen-bond donors (Lipinski definition) is 1. The number of nitrogens with zero attached hydrogens (tertiary/aromatic N) is 1. The molecule has 0 spiro atoms. The van der Waals surface area contributed by atoms with Crippen LogP contribution >= 0.6 is 12.4 Å². The van der Waals surface area contributed by atoms with Crippen molar-refractivity contribution in [3.63, 3.8) is 0 Å². The van der Waals surface area contributed by atoms with Gasteiger partial charge in [0.25, 0.3) is 0 Å². The smallest absolute Gasteiger partial charge is 0.223 e. The van der Waals surface area contributed by atoms with E-state index in [9.17, 15) is 4.79 Å². The standard InChI is InChI=1S/C20H32N2O.ClH/c1-17(19-12-5-4-6-13-19)22(16-18-10-9-11-18)20(23)14-7-2-3-8-15-21;/h4-6,12-13,17-18H,2-3,7-11,14-16,21H2,1H3;1H. The maximum Gasteiger partial charge on any atom is 0.223 e. The monoisotopic (exact) mass is 352 g/mol. The van der Waals surface area contributed by atoms with E-state index in [1.807, 2.05) is 6.07 Å². The Morgan fingerprint density at radius 2 is 1.83 bits per heavy atom. The number of nitrogens with two attached hydrogens (primary N) is 1. The van der Waals surface area contributed by atoms with E-state index >= 15 is 0 Å². The lowest BCUT2D eigenvalue weighted by Gasteiger charge is -2.36. The highest BCUT2D eigenvalue weighted by Crippen LogP contribution is 2.31. The molecule has 1 fully saturated rings. The first-order valence-electron chi connectivity index (χ1n) is 9.27. The van der Waals surface area contributed by atoms with Crippen molar-refractivity contribution in [2.75, 3.05) is 13.1 Å². The minimum atomic E-state index is 0. The summed E-state index contributed by atoms with van der Waals surface area (Å²) < 4.78 is 0. The molecule has 1 aromatic carbocycles. The first kappa shape index (κ1) is 21.0. The van der Waals surface area contributed by atoms with Crippen molar-refractivity contribution < 1.29 is 4.79 Å². The van der Waals surface area contributed by atoms with Gasteiger partial charge in [0.05, 0.1) is 6.04 Å². The van der Waals surface area contributed by atoms with E-state index < -0.39 is 0 Å². The van der Waals surface area contributed by atoms with Crippen molar-refractivity contribution in [3.05, 3.63) is 35.9 Å². The van der Waals surface area contributed by atoms with Crippen LogP contribution in [0, 0.1) is 5.92 Å². The predicted octanol–water partition coefficient (Wildman–Crippen LogP) is 4.71. The van der Waals surface area contributed by atoms with E-state index in [0.29, 0.717) is 18.2 Å². The summed E-state index contributed by atoms with van der Waals surface area (Å²) in [7, 11) is 0. The molecule has 1 aliphatic carbocycles. The second kappa shape index (κ2) is 11.5. The average Bonchev–Trinajstić information content (AvgIpc) is 2.54. The van der Waals surface area contributed by atoms with Crippen LogP contribution in [-0.4, -0.2) is 23.9 Å². The zero-order chi connectivity index (χ0) is 16.5. The summed E-state index contributed by atoms with van der Waals surface area (Å²) in [5, 5.41) is 0. The summed E-state index contributed by atoms with van der Waals surface area (Å²) in [5.41, 5.74) is 6.76. The molecule has 1 aromatic rings. The maximum atomic E-state index is 12.8. The fourth-order valence-electron chi connectivity index (χ4n) is 3.26. The number of benzene rings is 1. The Kier molecular flexibility index (Phi) is 10.0. The van der Waals surface area contributed by atoms with E-state index in [1.54, 1.807) is 0 Å². The van der Waals surface area contributed by atoms with Crippen LogP contribution in [0.2, 0.25) is 0 Å². The minimum Gasteiger partial charge on any atom is -0.336 e. The lowest BCUT2D eigenvalue weighted by atomic mass is 9.84. The number of carbonyl (C=O) groups is 1. The Bertz CT molecular complexity index is 462. The highest BCUT2D eigenvalue weighted by atomic mass is 35.5. The summed E-state index contributed by atoms with van der Waals surface area (Å²) in [5.74, 6) is 1.03. The number of amides is 1. The third-order valence-corrected chi connectivity index (χ3v) is 5.09. The molecule has 0 heterocycles. The second-order valence-electron chi connectivity index (χ2n) is 6.88. The number of rotatable bonds is 10. The number of hydrogen-bond acceptors (Lipinski definition) is 2. The Morgan fingerprint density at radius 3 is 2.42 bits per heavy atom. The zero-order valence-electron chi connectivity index (χ0n) is 15.0. The van der Waals surface area contributed by atoms with E-state index in [0.717, 1.165) is 38.8 Å². The first-order chi connectivity index (χ1) is 11.2. The topological polar surface area (TPSA) is 46.3 Å². The highest BCUT2D eigenvalue weighted by Gasteiger charge is 2.27. The molecule has 1 atom stereocenters. The zero-order valence-corrected chi connectivity index (χ0v) is 15.8. The van der Waals surface area contributed by atoms with Gasteiger partial charge in [-0.2, -0.15) is 0 Å². The van der Waals surface area contributed by atoms with Crippen LogP contribution in [0.15, 0.2) is 30.3 Å². The summed E-state index contributed by atoms with van der Waals surface area (Å²) in [6.45, 7) is 3.85. The first-order valence-corrected chi connectivity index (χ1v) is 9.27. The fraction of sp³-hybridized carbons (Fsp3) is 0.650. The highest BCUT2D eigenvalue weighted by molar-refractivity contribution is 5.85. The van der Waals surface area contributed by atoms with Crippen LogP contribution in [0.4, 0.5) is 0 Å². The van der Waals surface area contributed by atoms with Gasteiger partial charge in [0, 0.05) is 13.0 Å². The molecule has 2 N–H and O–H groups in total. The molecule has 24 heavy (non-hydrogen) atoms. The van der Waals surface area contributed by atoms with Gasteiger partial charge in [-0.15, -0.1) is 12.4 Å². The van der Waals surface area contributed by atoms with Gasteiger partial charge in [0.2, 0.25) is 5.91 Å². The summed E-state index contributed by atoms with van der Waals surface area (Å²) in [6.07, 6.45) is 8.87. The van der Waals surface area contributed by atoms with Gasteiger partial charge in [0.15, 0.2) is 0 Å². The molecule has 0 saturated heterocycles. The quantitative estimate of drug-likeness (QED) is 0.620. The average molecular weight is 353 g/mol. The van der Waals surface area contributed by atoms with Crippen molar-refractivity contribution in [1.82, 2.24) is 4.90 Å². The minimum absolute atomic E-state index is 0. The van der Waals surface area contributed by atoms with Gasteiger partial charge < -0.3 is 10.6 Å². The number of halogens is 1. The van der Waals surface area contributed by atoms with Gasteiger partial charge >= 0.3 is 0 Å². The Balaban J connectivity index is 0.00000288. The molecule has 1 amide bonds. The Labute approximate surface area is 153 Å². The van der Waals surface area contributed by atoms with Crippen LogP contribution in [0.1, 0.15) is 69.9 Å². The van der Waals surface area contributed by atoms with Crippen molar-refractivity contribution in [1.29, 1.82) is 0 Å². The molecule has 1 unspecified atom stereocenters. The molecule has 2 rings (SSSR count). The molecule has 0 bridgehead atoms. The molecule has 1 saturated carbocycles. The molecule has 0 aliphatic heterocycles. The summed E-state index contributed by atoms with van der Waals surface area (Å²) in [6, 6.07) is 10.6. The van der Waals surface area contributed by atoms with Gasteiger partial charge in [-0.3, -0.25) is 4.79 Å². The van der Waals surface area contributed by atoms with E-state index in [2.05, 4.69) is 36.1 Å². The largest absolute Gasteiger partial charge is 0.336 e. The molecule has 3 nitrogen and oxygen atoms in total. The summed E-state index contributed by atoms with van der Waals surface area (Å²) in [4.78, 5) is 14.9.